The normalized spacial score (nSPS) is 27.8. The molecule has 1 aliphatic rings. The van der Waals surface area contributed by atoms with Crippen LogP contribution in [-0.2, 0) is 0 Å². The first-order valence-electron chi connectivity index (χ1n) is 6.46. The molecule has 6 heteroatoms. The second-order valence-electron chi connectivity index (χ2n) is 5.25. The molecule has 0 aromatic carbocycles. The Hall–Kier alpha value is -1.56. The third-order valence-corrected chi connectivity index (χ3v) is 3.84. The predicted octanol–water partition coefficient (Wildman–Crippen LogP) is 1.58. The Morgan fingerprint density at radius 3 is 2.56 bits per heavy atom. The first kappa shape index (κ1) is 12.9. The summed E-state index contributed by atoms with van der Waals surface area (Å²) in [5.74, 6) is 8.38. The number of aromatic nitrogens is 2. The summed E-state index contributed by atoms with van der Waals surface area (Å²) in [6, 6.07) is 2.23. The number of rotatable bonds is 3. The molecule has 3 atom stereocenters. The number of anilines is 3. The maximum Gasteiger partial charge on any atom is 0.223 e. The van der Waals surface area contributed by atoms with Crippen molar-refractivity contribution in [1.29, 1.82) is 0 Å². The van der Waals surface area contributed by atoms with E-state index in [9.17, 15) is 0 Å². The van der Waals surface area contributed by atoms with E-state index < -0.39 is 0 Å². The molecule has 6 N–H and O–H groups in total. The van der Waals surface area contributed by atoms with Crippen LogP contribution in [0.15, 0.2) is 6.07 Å². The highest BCUT2D eigenvalue weighted by atomic mass is 15.3. The van der Waals surface area contributed by atoms with Crippen LogP contribution in [0, 0.1) is 11.8 Å². The lowest BCUT2D eigenvalue weighted by molar-refractivity contribution is 0.260. The Balaban J connectivity index is 2.03. The molecular formula is C12H22N6. The SMILES string of the molecule is CC1CCC(Nc2cc(NN)nc(N)n2)CC1C. The molecule has 1 aliphatic carbocycles. The molecule has 2 rings (SSSR count). The van der Waals surface area contributed by atoms with Crippen LogP contribution in [0.2, 0.25) is 0 Å². The first-order chi connectivity index (χ1) is 8.58. The molecule has 1 fully saturated rings. The summed E-state index contributed by atoms with van der Waals surface area (Å²) in [4.78, 5) is 8.14. The lowest BCUT2D eigenvalue weighted by Crippen LogP contribution is -2.30. The van der Waals surface area contributed by atoms with Crippen LogP contribution in [-0.4, -0.2) is 16.0 Å². The summed E-state index contributed by atoms with van der Waals surface area (Å²) >= 11 is 0. The van der Waals surface area contributed by atoms with Crippen molar-refractivity contribution in [3.63, 3.8) is 0 Å². The summed E-state index contributed by atoms with van der Waals surface area (Å²) in [5, 5.41) is 3.42. The molecule has 0 amide bonds. The van der Waals surface area contributed by atoms with Gasteiger partial charge in [0.15, 0.2) is 0 Å². The Bertz CT molecular complexity index is 408. The van der Waals surface area contributed by atoms with Crippen LogP contribution in [0.3, 0.4) is 0 Å². The lowest BCUT2D eigenvalue weighted by Gasteiger charge is -2.32. The first-order valence-corrected chi connectivity index (χ1v) is 6.46. The van der Waals surface area contributed by atoms with E-state index in [1.54, 1.807) is 6.07 Å². The largest absolute Gasteiger partial charge is 0.368 e. The fraction of sp³-hybridized carbons (Fsp3) is 0.667. The second-order valence-corrected chi connectivity index (χ2v) is 5.25. The van der Waals surface area contributed by atoms with Crippen LogP contribution in [0.25, 0.3) is 0 Å². The van der Waals surface area contributed by atoms with Gasteiger partial charge in [-0.15, -0.1) is 0 Å². The van der Waals surface area contributed by atoms with Crippen LogP contribution in [0.4, 0.5) is 17.6 Å². The van der Waals surface area contributed by atoms with E-state index in [-0.39, 0.29) is 5.95 Å². The highest BCUT2D eigenvalue weighted by molar-refractivity contribution is 5.50. The molecule has 3 unspecified atom stereocenters. The molecule has 0 spiro atoms. The quantitative estimate of drug-likeness (QED) is 0.480. The van der Waals surface area contributed by atoms with Crippen molar-refractivity contribution in [1.82, 2.24) is 9.97 Å². The van der Waals surface area contributed by atoms with Gasteiger partial charge < -0.3 is 16.5 Å². The molecule has 1 heterocycles. The average Bonchev–Trinajstić information content (AvgIpc) is 2.33. The van der Waals surface area contributed by atoms with Gasteiger partial charge in [0.25, 0.3) is 0 Å². The van der Waals surface area contributed by atoms with Gasteiger partial charge in [0.1, 0.15) is 11.6 Å². The third-order valence-electron chi connectivity index (χ3n) is 3.84. The summed E-state index contributed by atoms with van der Waals surface area (Å²) in [6.07, 6.45) is 3.58. The number of hydrogen-bond acceptors (Lipinski definition) is 6. The van der Waals surface area contributed by atoms with E-state index in [0.29, 0.717) is 11.9 Å². The van der Waals surface area contributed by atoms with Crippen LogP contribution >= 0.6 is 0 Å². The standard InChI is InChI=1S/C12H22N6/c1-7-3-4-9(5-8(7)2)15-10-6-11(18-14)17-12(13)16-10/h6-9H,3-5,14H2,1-2H3,(H4,13,15,16,17,18). The van der Waals surface area contributed by atoms with Gasteiger partial charge in [0.2, 0.25) is 5.95 Å². The molecule has 1 aromatic rings. The molecule has 1 saturated carbocycles. The van der Waals surface area contributed by atoms with Crippen LogP contribution in [0.1, 0.15) is 33.1 Å². The zero-order valence-corrected chi connectivity index (χ0v) is 11.0. The highest BCUT2D eigenvalue weighted by Gasteiger charge is 2.24. The molecule has 0 aliphatic heterocycles. The number of nitrogens with zero attached hydrogens (tertiary/aromatic N) is 2. The topological polar surface area (TPSA) is 102 Å². The van der Waals surface area contributed by atoms with E-state index >= 15 is 0 Å². The number of nitrogen functional groups attached to an aromatic ring is 2. The van der Waals surface area contributed by atoms with Gasteiger partial charge in [0.05, 0.1) is 0 Å². The minimum absolute atomic E-state index is 0.227. The smallest absolute Gasteiger partial charge is 0.223 e. The maximum absolute atomic E-state index is 5.63. The lowest BCUT2D eigenvalue weighted by atomic mass is 9.79. The summed E-state index contributed by atoms with van der Waals surface area (Å²) in [5.41, 5.74) is 8.12. The van der Waals surface area contributed by atoms with Crippen molar-refractivity contribution >= 4 is 17.6 Å². The van der Waals surface area contributed by atoms with Crippen molar-refractivity contribution < 1.29 is 0 Å². The minimum Gasteiger partial charge on any atom is -0.368 e. The van der Waals surface area contributed by atoms with Gasteiger partial charge >= 0.3 is 0 Å². The van der Waals surface area contributed by atoms with E-state index in [1.807, 2.05) is 0 Å². The fourth-order valence-corrected chi connectivity index (χ4v) is 2.50. The highest BCUT2D eigenvalue weighted by Crippen LogP contribution is 2.31. The van der Waals surface area contributed by atoms with Gasteiger partial charge in [-0.25, -0.2) is 5.84 Å². The zero-order chi connectivity index (χ0) is 13.1. The van der Waals surface area contributed by atoms with Crippen LogP contribution in [0.5, 0.6) is 0 Å². The predicted molar refractivity (Wildman–Crippen MR) is 73.8 cm³/mol. The number of hydrazine groups is 1. The monoisotopic (exact) mass is 250 g/mol. The van der Waals surface area contributed by atoms with Crippen molar-refractivity contribution in [3.8, 4) is 0 Å². The fourth-order valence-electron chi connectivity index (χ4n) is 2.50. The summed E-state index contributed by atoms with van der Waals surface area (Å²) in [7, 11) is 0. The van der Waals surface area contributed by atoms with Gasteiger partial charge in [-0.3, -0.25) is 0 Å². The van der Waals surface area contributed by atoms with Crippen LogP contribution < -0.4 is 22.3 Å². The van der Waals surface area contributed by atoms with Gasteiger partial charge in [-0.05, 0) is 31.1 Å². The van der Waals surface area contributed by atoms with E-state index in [1.165, 1.54) is 12.8 Å². The van der Waals surface area contributed by atoms with Crippen molar-refractivity contribution in [2.45, 2.75) is 39.2 Å². The average molecular weight is 250 g/mol. The number of hydrogen-bond donors (Lipinski definition) is 4. The summed E-state index contributed by atoms with van der Waals surface area (Å²) < 4.78 is 0. The van der Waals surface area contributed by atoms with Gasteiger partial charge in [-0.1, -0.05) is 13.8 Å². The van der Waals surface area contributed by atoms with Gasteiger partial charge in [-0.2, -0.15) is 9.97 Å². The number of nitrogens with one attached hydrogen (secondary N) is 2. The Morgan fingerprint density at radius 1 is 1.17 bits per heavy atom. The minimum atomic E-state index is 0.227. The Kier molecular flexibility index (Phi) is 3.86. The van der Waals surface area contributed by atoms with E-state index in [0.717, 1.165) is 24.1 Å². The Labute approximate surface area is 108 Å². The Morgan fingerprint density at radius 2 is 1.89 bits per heavy atom. The molecule has 100 valence electrons. The summed E-state index contributed by atoms with van der Waals surface area (Å²) in [6.45, 7) is 4.62. The number of nitrogens with two attached hydrogens (primary N) is 2. The molecule has 0 saturated heterocycles. The molecule has 0 bridgehead atoms. The molecule has 18 heavy (non-hydrogen) atoms. The van der Waals surface area contributed by atoms with E-state index in [4.69, 9.17) is 11.6 Å². The van der Waals surface area contributed by atoms with Crippen molar-refractivity contribution in [2.75, 3.05) is 16.5 Å². The van der Waals surface area contributed by atoms with E-state index in [2.05, 4.69) is 34.6 Å². The second kappa shape index (κ2) is 5.39. The third kappa shape index (κ3) is 3.01. The molecule has 0 radical (unpaired) electrons. The molecular weight excluding hydrogens is 228 g/mol. The zero-order valence-electron chi connectivity index (χ0n) is 11.0. The van der Waals surface area contributed by atoms with Gasteiger partial charge in [0, 0.05) is 12.1 Å². The maximum atomic E-state index is 5.63. The van der Waals surface area contributed by atoms with Crippen molar-refractivity contribution in [2.24, 2.45) is 17.7 Å². The molecule has 6 nitrogen and oxygen atoms in total. The van der Waals surface area contributed by atoms with Crippen molar-refractivity contribution in [3.05, 3.63) is 6.07 Å². The molecule has 1 aromatic heterocycles.